The molecule has 0 heterocycles. The molecule has 0 spiro atoms. The first kappa shape index (κ1) is 12.7. The van der Waals surface area contributed by atoms with Crippen LogP contribution in [0.1, 0.15) is 11.1 Å². The van der Waals surface area contributed by atoms with E-state index in [9.17, 15) is 0 Å². The maximum absolute atomic E-state index is 4.81. The summed E-state index contributed by atoms with van der Waals surface area (Å²) in [5, 5.41) is 8.87. The van der Waals surface area contributed by atoms with Crippen LogP contribution in [0.4, 0.5) is 0 Å². The molecule has 2 aromatic rings. The molecule has 2 aromatic carbocycles. The normalized spacial score (nSPS) is 10.4. The Bertz CT molecular complexity index is 387. The van der Waals surface area contributed by atoms with Gasteiger partial charge in [-0.3, -0.25) is 0 Å². The molecule has 0 saturated carbocycles. The van der Waals surface area contributed by atoms with Crippen LogP contribution in [-0.4, -0.2) is 0 Å². The summed E-state index contributed by atoms with van der Waals surface area (Å²) in [4.78, 5) is 9.62. The van der Waals surface area contributed by atoms with Gasteiger partial charge in [0, 0.05) is 0 Å². The van der Waals surface area contributed by atoms with Gasteiger partial charge in [0.25, 0.3) is 0 Å². The Morgan fingerprint density at radius 1 is 0.556 bits per heavy atom. The van der Waals surface area contributed by atoms with Crippen molar-refractivity contribution in [2.75, 3.05) is 0 Å². The molecule has 0 unspecified atom stereocenters. The van der Waals surface area contributed by atoms with Gasteiger partial charge in [0.05, 0.1) is 0 Å². The van der Waals surface area contributed by atoms with E-state index < -0.39 is 0 Å². The highest BCUT2D eigenvalue weighted by molar-refractivity contribution is 5.13. The van der Waals surface area contributed by atoms with Gasteiger partial charge in [0.2, 0.25) is 0 Å². The van der Waals surface area contributed by atoms with Crippen LogP contribution in [-0.2, 0) is 33.1 Å². The Kier molecular flexibility index (Phi) is 5.36. The predicted octanol–water partition coefficient (Wildman–Crippen LogP) is 3.20. The van der Waals surface area contributed by atoms with Gasteiger partial charge in [0.1, 0.15) is 13.2 Å². The molecular weight excluding hydrogens is 232 g/mol. The zero-order chi connectivity index (χ0) is 12.5. The van der Waals surface area contributed by atoms with Gasteiger partial charge in [-0.25, -0.2) is 0 Å². The minimum atomic E-state index is 0.301. The standard InChI is InChI=1S/C14H14O4/c1-3-7-13(8-4-1)11-15-17-18-16-12-14-9-5-2-6-10-14/h1-10H,11-12H2. The molecule has 2 rings (SSSR count). The van der Waals surface area contributed by atoms with E-state index in [1.165, 1.54) is 0 Å². The summed E-state index contributed by atoms with van der Waals surface area (Å²) in [6, 6.07) is 19.3. The van der Waals surface area contributed by atoms with Crippen molar-refractivity contribution in [1.29, 1.82) is 0 Å². The fourth-order valence-electron chi connectivity index (χ4n) is 1.37. The highest BCUT2D eigenvalue weighted by atomic mass is 17.7. The van der Waals surface area contributed by atoms with Crippen molar-refractivity contribution in [3.63, 3.8) is 0 Å². The smallest absolute Gasteiger partial charge is 0.111 e. The lowest BCUT2D eigenvalue weighted by molar-refractivity contribution is -0.640. The van der Waals surface area contributed by atoms with E-state index in [4.69, 9.17) is 9.78 Å². The lowest BCUT2D eigenvalue weighted by Crippen LogP contribution is -1.99. The Morgan fingerprint density at radius 2 is 0.944 bits per heavy atom. The molecule has 0 fully saturated rings. The second-order valence-electron chi connectivity index (χ2n) is 3.63. The summed E-state index contributed by atoms with van der Waals surface area (Å²) in [5.74, 6) is 0. The summed E-state index contributed by atoms with van der Waals surface area (Å²) in [5.41, 5.74) is 1.98. The highest BCUT2D eigenvalue weighted by Crippen LogP contribution is 2.03. The maximum atomic E-state index is 4.81. The van der Waals surface area contributed by atoms with Gasteiger partial charge in [-0.2, -0.15) is 9.78 Å². The predicted molar refractivity (Wildman–Crippen MR) is 64.6 cm³/mol. The number of benzene rings is 2. The van der Waals surface area contributed by atoms with E-state index >= 15 is 0 Å². The van der Waals surface area contributed by atoms with Crippen LogP contribution in [0, 0.1) is 0 Å². The van der Waals surface area contributed by atoms with Crippen molar-refractivity contribution < 1.29 is 19.9 Å². The molecule has 0 aliphatic rings. The lowest BCUT2D eigenvalue weighted by atomic mass is 10.2. The summed E-state index contributed by atoms with van der Waals surface area (Å²) >= 11 is 0. The Morgan fingerprint density at radius 3 is 1.33 bits per heavy atom. The largest absolute Gasteiger partial charge is 0.199 e. The van der Waals surface area contributed by atoms with Gasteiger partial charge in [-0.15, -0.1) is 0 Å². The first-order chi connectivity index (χ1) is 8.95. The molecule has 0 bridgehead atoms. The summed E-state index contributed by atoms with van der Waals surface area (Å²) < 4.78 is 0. The van der Waals surface area contributed by atoms with E-state index in [-0.39, 0.29) is 0 Å². The molecule has 4 heteroatoms. The quantitative estimate of drug-likeness (QED) is 0.427. The molecule has 0 saturated heterocycles. The van der Waals surface area contributed by atoms with E-state index in [1.807, 2.05) is 60.7 Å². The molecule has 0 radical (unpaired) electrons. The minimum absolute atomic E-state index is 0.301. The van der Waals surface area contributed by atoms with E-state index in [2.05, 4.69) is 10.1 Å². The topological polar surface area (TPSA) is 36.9 Å². The van der Waals surface area contributed by atoms with E-state index in [1.54, 1.807) is 0 Å². The minimum Gasteiger partial charge on any atom is -0.199 e. The molecular formula is C14H14O4. The lowest BCUT2D eigenvalue weighted by Gasteiger charge is -2.03. The molecule has 0 amide bonds. The molecule has 94 valence electrons. The number of hydrogen-bond donors (Lipinski definition) is 0. The zero-order valence-electron chi connectivity index (χ0n) is 9.82. The summed E-state index contributed by atoms with van der Waals surface area (Å²) in [6.45, 7) is 0.602. The molecule has 0 aromatic heterocycles. The third-order valence-corrected chi connectivity index (χ3v) is 2.26. The van der Waals surface area contributed by atoms with Crippen LogP contribution in [0.25, 0.3) is 0 Å². The van der Waals surface area contributed by atoms with E-state index in [0.717, 1.165) is 11.1 Å². The maximum Gasteiger partial charge on any atom is 0.111 e. The van der Waals surface area contributed by atoms with Gasteiger partial charge in [-0.05, 0) is 21.2 Å². The molecule has 0 N–H and O–H groups in total. The molecule has 0 atom stereocenters. The first-order valence-electron chi connectivity index (χ1n) is 5.61. The second-order valence-corrected chi connectivity index (χ2v) is 3.63. The zero-order valence-corrected chi connectivity index (χ0v) is 9.82. The molecule has 4 nitrogen and oxygen atoms in total. The second kappa shape index (κ2) is 7.58. The summed E-state index contributed by atoms with van der Waals surface area (Å²) in [6.07, 6.45) is 0. The average molecular weight is 246 g/mol. The third kappa shape index (κ3) is 4.65. The van der Waals surface area contributed by atoms with Gasteiger partial charge in [0.15, 0.2) is 0 Å². The Labute approximate surface area is 105 Å². The van der Waals surface area contributed by atoms with E-state index in [0.29, 0.717) is 13.2 Å². The third-order valence-electron chi connectivity index (χ3n) is 2.26. The SMILES string of the molecule is c1ccc(COOOOCc2ccccc2)cc1. The van der Waals surface area contributed by atoms with Crippen LogP contribution in [0.3, 0.4) is 0 Å². The van der Waals surface area contributed by atoms with Crippen molar-refractivity contribution in [3.8, 4) is 0 Å². The van der Waals surface area contributed by atoms with Crippen LogP contribution in [0.5, 0.6) is 0 Å². The average Bonchev–Trinajstić information content (AvgIpc) is 2.45. The molecule has 18 heavy (non-hydrogen) atoms. The summed E-state index contributed by atoms with van der Waals surface area (Å²) in [7, 11) is 0. The Balaban J connectivity index is 1.54. The van der Waals surface area contributed by atoms with Gasteiger partial charge >= 0.3 is 0 Å². The van der Waals surface area contributed by atoms with Crippen LogP contribution in [0.15, 0.2) is 60.7 Å². The molecule has 0 aliphatic heterocycles. The van der Waals surface area contributed by atoms with Crippen molar-refractivity contribution in [2.45, 2.75) is 13.2 Å². The number of rotatable bonds is 7. The van der Waals surface area contributed by atoms with Crippen LogP contribution >= 0.6 is 0 Å². The molecule has 0 aliphatic carbocycles. The monoisotopic (exact) mass is 246 g/mol. The fourth-order valence-corrected chi connectivity index (χ4v) is 1.37. The highest BCUT2D eigenvalue weighted by Gasteiger charge is 1.95. The fraction of sp³-hybridized carbons (Fsp3) is 0.143. The van der Waals surface area contributed by atoms with Crippen molar-refractivity contribution in [2.24, 2.45) is 0 Å². The van der Waals surface area contributed by atoms with Gasteiger partial charge in [-0.1, -0.05) is 60.7 Å². The van der Waals surface area contributed by atoms with Crippen molar-refractivity contribution in [3.05, 3.63) is 71.8 Å². The van der Waals surface area contributed by atoms with Crippen molar-refractivity contribution >= 4 is 0 Å². The van der Waals surface area contributed by atoms with Crippen molar-refractivity contribution in [1.82, 2.24) is 0 Å². The Hall–Kier alpha value is -1.72. The number of hydrogen-bond acceptors (Lipinski definition) is 4. The van der Waals surface area contributed by atoms with Crippen LogP contribution < -0.4 is 0 Å². The van der Waals surface area contributed by atoms with Crippen LogP contribution in [0.2, 0.25) is 0 Å². The van der Waals surface area contributed by atoms with Gasteiger partial charge < -0.3 is 0 Å². The first-order valence-corrected chi connectivity index (χ1v) is 5.61.